The molecule has 0 radical (unpaired) electrons. The lowest BCUT2D eigenvalue weighted by Gasteiger charge is -2.09. The highest BCUT2D eigenvalue weighted by molar-refractivity contribution is 5.96. The molecule has 0 aromatic carbocycles. The number of carbonyl (C=O) groups excluding carboxylic acids is 1. The molecular weight excluding hydrogens is 240 g/mol. The van der Waals surface area contributed by atoms with Crippen molar-refractivity contribution in [2.75, 3.05) is 13.2 Å². The fourth-order valence-corrected chi connectivity index (χ4v) is 1.82. The van der Waals surface area contributed by atoms with Crippen molar-refractivity contribution in [1.29, 1.82) is 0 Å². The van der Waals surface area contributed by atoms with E-state index in [0.717, 1.165) is 19.3 Å². The summed E-state index contributed by atoms with van der Waals surface area (Å²) in [6.07, 6.45) is 6.56. The summed E-state index contributed by atoms with van der Waals surface area (Å²) >= 11 is 0. The van der Waals surface area contributed by atoms with Gasteiger partial charge < -0.3 is 10.5 Å². The molecule has 0 spiro atoms. The zero-order valence-corrected chi connectivity index (χ0v) is 11.9. The van der Waals surface area contributed by atoms with Crippen molar-refractivity contribution in [3.8, 4) is 5.75 Å². The number of pyridine rings is 1. The zero-order valence-electron chi connectivity index (χ0n) is 11.9. The number of nitrogens with zero attached hydrogens (tertiary/aromatic N) is 1. The highest BCUT2D eigenvalue weighted by Crippen LogP contribution is 2.16. The zero-order chi connectivity index (χ0) is 14.1. The number of aromatic nitrogens is 1. The van der Waals surface area contributed by atoms with Crippen molar-refractivity contribution >= 4 is 5.78 Å². The van der Waals surface area contributed by atoms with Gasteiger partial charge in [-0.1, -0.05) is 13.8 Å². The molecule has 19 heavy (non-hydrogen) atoms. The molecule has 0 saturated heterocycles. The predicted octanol–water partition coefficient (Wildman–Crippen LogP) is 2.82. The molecule has 0 bridgehead atoms. The Kier molecular flexibility index (Phi) is 7.11. The Hall–Kier alpha value is -1.42. The Morgan fingerprint density at radius 3 is 2.89 bits per heavy atom. The molecular formula is C15H24N2O2. The van der Waals surface area contributed by atoms with E-state index >= 15 is 0 Å². The van der Waals surface area contributed by atoms with Gasteiger partial charge in [-0.15, -0.1) is 0 Å². The van der Waals surface area contributed by atoms with Crippen LogP contribution in [0.1, 0.15) is 49.9 Å². The summed E-state index contributed by atoms with van der Waals surface area (Å²) in [5, 5.41) is 0. The van der Waals surface area contributed by atoms with Crippen LogP contribution in [0.5, 0.6) is 5.75 Å². The summed E-state index contributed by atoms with van der Waals surface area (Å²) in [7, 11) is 0. The second kappa shape index (κ2) is 8.64. The van der Waals surface area contributed by atoms with Crippen LogP contribution in [0.3, 0.4) is 0 Å². The van der Waals surface area contributed by atoms with Crippen LogP contribution in [-0.2, 0) is 0 Å². The third-order valence-electron chi connectivity index (χ3n) is 3.03. The average Bonchev–Trinajstić information content (AvgIpc) is 2.43. The van der Waals surface area contributed by atoms with Gasteiger partial charge >= 0.3 is 0 Å². The largest absolute Gasteiger partial charge is 0.492 e. The molecule has 0 saturated carbocycles. The van der Waals surface area contributed by atoms with E-state index in [1.54, 1.807) is 18.5 Å². The third kappa shape index (κ3) is 5.83. The lowest BCUT2D eigenvalue weighted by atomic mass is 9.98. The van der Waals surface area contributed by atoms with Crippen LogP contribution in [0.25, 0.3) is 0 Å². The summed E-state index contributed by atoms with van der Waals surface area (Å²) < 4.78 is 5.48. The SMILES string of the molecule is CCCOc1cncc(C(=O)CCC(C)CCN)c1. The molecule has 1 aromatic rings. The topological polar surface area (TPSA) is 65.2 Å². The summed E-state index contributed by atoms with van der Waals surface area (Å²) in [4.78, 5) is 16.1. The second-order valence-electron chi connectivity index (χ2n) is 4.90. The monoisotopic (exact) mass is 264 g/mol. The first-order valence-corrected chi connectivity index (χ1v) is 6.98. The summed E-state index contributed by atoms with van der Waals surface area (Å²) in [6, 6.07) is 1.78. The van der Waals surface area contributed by atoms with Gasteiger partial charge in [0, 0.05) is 18.2 Å². The smallest absolute Gasteiger partial charge is 0.164 e. The van der Waals surface area contributed by atoms with Crippen LogP contribution >= 0.6 is 0 Å². The van der Waals surface area contributed by atoms with Crippen LogP contribution in [0.2, 0.25) is 0 Å². The van der Waals surface area contributed by atoms with E-state index in [9.17, 15) is 4.79 Å². The fraction of sp³-hybridized carbons (Fsp3) is 0.600. The van der Waals surface area contributed by atoms with Gasteiger partial charge in [-0.2, -0.15) is 0 Å². The van der Waals surface area contributed by atoms with Crippen molar-refractivity contribution in [3.63, 3.8) is 0 Å². The van der Waals surface area contributed by atoms with Crippen LogP contribution < -0.4 is 10.5 Å². The molecule has 0 aliphatic heterocycles. The molecule has 1 atom stereocenters. The number of ether oxygens (including phenoxy) is 1. The van der Waals surface area contributed by atoms with Crippen molar-refractivity contribution in [2.24, 2.45) is 11.7 Å². The molecule has 1 heterocycles. The Bertz CT molecular complexity index is 393. The molecule has 0 aliphatic carbocycles. The Labute approximate surface area is 115 Å². The minimum Gasteiger partial charge on any atom is -0.492 e. The van der Waals surface area contributed by atoms with Crippen molar-refractivity contribution in [3.05, 3.63) is 24.0 Å². The Balaban J connectivity index is 2.51. The quantitative estimate of drug-likeness (QED) is 0.696. The summed E-state index contributed by atoms with van der Waals surface area (Å²) in [5.41, 5.74) is 6.13. The number of nitrogens with two attached hydrogens (primary N) is 1. The lowest BCUT2D eigenvalue weighted by molar-refractivity contribution is 0.0973. The molecule has 4 nitrogen and oxygen atoms in total. The standard InChI is InChI=1S/C15H24N2O2/c1-3-8-19-14-9-13(10-17-11-14)15(18)5-4-12(2)6-7-16/h9-12H,3-8,16H2,1-2H3. The lowest BCUT2D eigenvalue weighted by Crippen LogP contribution is -2.08. The van der Waals surface area contributed by atoms with Gasteiger partial charge in [0.25, 0.3) is 0 Å². The Morgan fingerprint density at radius 1 is 1.42 bits per heavy atom. The first kappa shape index (κ1) is 15.6. The minimum atomic E-state index is 0.123. The Morgan fingerprint density at radius 2 is 2.21 bits per heavy atom. The number of hydrogen-bond acceptors (Lipinski definition) is 4. The van der Waals surface area contributed by atoms with E-state index in [0.29, 0.717) is 36.8 Å². The van der Waals surface area contributed by atoms with E-state index in [2.05, 4.69) is 11.9 Å². The van der Waals surface area contributed by atoms with E-state index in [1.807, 2.05) is 6.92 Å². The fourth-order valence-electron chi connectivity index (χ4n) is 1.82. The van der Waals surface area contributed by atoms with Gasteiger partial charge in [-0.05, 0) is 37.8 Å². The minimum absolute atomic E-state index is 0.123. The van der Waals surface area contributed by atoms with Crippen LogP contribution in [0.15, 0.2) is 18.5 Å². The van der Waals surface area contributed by atoms with Crippen molar-refractivity contribution < 1.29 is 9.53 Å². The van der Waals surface area contributed by atoms with E-state index in [-0.39, 0.29) is 5.78 Å². The maximum atomic E-state index is 12.1. The molecule has 106 valence electrons. The first-order valence-electron chi connectivity index (χ1n) is 6.98. The summed E-state index contributed by atoms with van der Waals surface area (Å²) in [5.74, 6) is 1.28. The number of Topliss-reactive ketones (excluding diaryl/α,β-unsaturated/α-hetero) is 1. The van der Waals surface area contributed by atoms with Gasteiger partial charge in [0.15, 0.2) is 5.78 Å². The molecule has 1 rings (SSSR count). The molecule has 0 fully saturated rings. The normalized spacial score (nSPS) is 12.2. The molecule has 0 amide bonds. The average molecular weight is 264 g/mol. The number of hydrogen-bond donors (Lipinski definition) is 1. The number of rotatable bonds is 9. The molecule has 2 N–H and O–H groups in total. The molecule has 1 aromatic heterocycles. The number of carbonyl (C=O) groups is 1. The molecule has 4 heteroatoms. The first-order chi connectivity index (χ1) is 9.17. The van der Waals surface area contributed by atoms with Crippen molar-refractivity contribution in [1.82, 2.24) is 4.98 Å². The van der Waals surface area contributed by atoms with E-state index in [4.69, 9.17) is 10.5 Å². The van der Waals surface area contributed by atoms with Gasteiger partial charge in [0.2, 0.25) is 0 Å². The third-order valence-corrected chi connectivity index (χ3v) is 3.03. The van der Waals surface area contributed by atoms with Gasteiger partial charge in [0.1, 0.15) is 5.75 Å². The molecule has 1 unspecified atom stereocenters. The number of ketones is 1. The highest BCUT2D eigenvalue weighted by Gasteiger charge is 2.10. The van der Waals surface area contributed by atoms with E-state index < -0.39 is 0 Å². The van der Waals surface area contributed by atoms with Crippen LogP contribution in [0, 0.1) is 5.92 Å². The van der Waals surface area contributed by atoms with Crippen LogP contribution in [0.4, 0.5) is 0 Å². The van der Waals surface area contributed by atoms with Crippen LogP contribution in [-0.4, -0.2) is 23.9 Å². The maximum Gasteiger partial charge on any atom is 0.164 e. The molecule has 0 aliphatic rings. The van der Waals surface area contributed by atoms with Gasteiger partial charge in [-0.3, -0.25) is 9.78 Å². The van der Waals surface area contributed by atoms with Gasteiger partial charge in [0.05, 0.1) is 12.8 Å². The highest BCUT2D eigenvalue weighted by atomic mass is 16.5. The predicted molar refractivity (Wildman–Crippen MR) is 76.4 cm³/mol. The second-order valence-corrected chi connectivity index (χ2v) is 4.90. The van der Waals surface area contributed by atoms with Crippen molar-refractivity contribution in [2.45, 2.75) is 39.5 Å². The van der Waals surface area contributed by atoms with Gasteiger partial charge in [-0.25, -0.2) is 0 Å². The summed E-state index contributed by atoms with van der Waals surface area (Å²) in [6.45, 7) is 5.49. The van der Waals surface area contributed by atoms with E-state index in [1.165, 1.54) is 0 Å². The maximum absolute atomic E-state index is 12.1.